The van der Waals surface area contributed by atoms with Gasteiger partial charge >= 0.3 is 0 Å². The molecule has 2 heteroatoms. The molecule has 0 amide bonds. The van der Waals surface area contributed by atoms with Gasteiger partial charge in [0.25, 0.3) is 0 Å². The average Bonchev–Trinajstić information content (AvgIpc) is 3.24. The summed E-state index contributed by atoms with van der Waals surface area (Å²) in [5.74, 6) is 0.621. The van der Waals surface area contributed by atoms with Gasteiger partial charge in [0.1, 0.15) is 0 Å². The molecule has 7 aromatic carbocycles. The Labute approximate surface area is 309 Å². The number of hydrogen-bond acceptors (Lipinski definition) is 2. The second-order valence-electron chi connectivity index (χ2n) is 14.1. The predicted octanol–water partition coefficient (Wildman–Crippen LogP) is 13.1. The highest BCUT2D eigenvalue weighted by molar-refractivity contribution is 5.73. The van der Waals surface area contributed by atoms with Gasteiger partial charge in [0, 0.05) is 36.2 Å². The maximum Gasteiger partial charge on any atom is 0.0481 e. The number of nitrogens with zero attached hydrogens (tertiary/aromatic N) is 2. The smallest absolute Gasteiger partial charge is 0.0481 e. The molecular formula is C50H46N2. The Balaban J connectivity index is 0.912. The van der Waals surface area contributed by atoms with E-state index in [1.165, 1.54) is 81.7 Å². The fourth-order valence-electron chi connectivity index (χ4n) is 7.89. The molecule has 0 atom stereocenters. The molecule has 0 bridgehead atoms. The molecule has 0 aromatic heterocycles. The summed E-state index contributed by atoms with van der Waals surface area (Å²) in [6.07, 6.45) is 4.89. The monoisotopic (exact) mass is 674 g/mol. The summed E-state index contributed by atoms with van der Waals surface area (Å²) in [5, 5.41) is 0. The lowest BCUT2D eigenvalue weighted by molar-refractivity contribution is 0.375. The maximum atomic E-state index is 2.64. The van der Waals surface area contributed by atoms with Crippen molar-refractivity contribution in [2.75, 3.05) is 9.80 Å². The van der Waals surface area contributed by atoms with Crippen molar-refractivity contribution in [2.45, 2.75) is 50.7 Å². The van der Waals surface area contributed by atoms with Crippen LogP contribution in [0, 0.1) is 0 Å². The molecule has 0 N–H and O–H groups in total. The second-order valence-corrected chi connectivity index (χ2v) is 14.1. The summed E-state index contributed by atoms with van der Waals surface area (Å²) >= 11 is 0. The van der Waals surface area contributed by atoms with Crippen molar-refractivity contribution < 1.29 is 0 Å². The standard InChI is InChI=1S/C50H46N2/c1-5-13-39(14-6-1)37-51(47-17-9-3-10-18-47)49-33-29-45(30-34-49)43-25-21-41(22-26-43)42-23-27-44(28-24-42)46-31-35-50(36-32-46)52(48-19-11-4-12-20-48)38-40-15-7-2-8-16-40/h1-30,33-34,46,50H,31-32,35-38H2. The third kappa shape index (κ3) is 7.87. The van der Waals surface area contributed by atoms with Crippen molar-refractivity contribution in [3.8, 4) is 22.3 Å². The molecule has 256 valence electrons. The first-order valence-corrected chi connectivity index (χ1v) is 18.8. The van der Waals surface area contributed by atoms with E-state index in [2.05, 4.69) is 204 Å². The largest absolute Gasteiger partial charge is 0.364 e. The molecule has 2 nitrogen and oxygen atoms in total. The van der Waals surface area contributed by atoms with Crippen LogP contribution in [0.2, 0.25) is 0 Å². The zero-order valence-electron chi connectivity index (χ0n) is 29.8. The van der Waals surface area contributed by atoms with Crippen molar-refractivity contribution >= 4 is 17.1 Å². The Morgan fingerprint density at radius 3 is 1.23 bits per heavy atom. The van der Waals surface area contributed by atoms with E-state index in [4.69, 9.17) is 0 Å². The van der Waals surface area contributed by atoms with E-state index in [1.54, 1.807) is 0 Å². The van der Waals surface area contributed by atoms with Crippen LogP contribution in [-0.2, 0) is 13.1 Å². The third-order valence-electron chi connectivity index (χ3n) is 10.8. The van der Waals surface area contributed by atoms with Crippen LogP contribution < -0.4 is 9.80 Å². The van der Waals surface area contributed by atoms with E-state index in [9.17, 15) is 0 Å². The van der Waals surface area contributed by atoms with Crippen LogP contribution in [-0.4, -0.2) is 6.04 Å². The van der Waals surface area contributed by atoms with Crippen LogP contribution in [0.5, 0.6) is 0 Å². The average molecular weight is 675 g/mol. The van der Waals surface area contributed by atoms with Gasteiger partial charge in [-0.05, 0) is 107 Å². The lowest BCUT2D eigenvalue weighted by atomic mass is 9.80. The van der Waals surface area contributed by atoms with Crippen LogP contribution in [0.4, 0.5) is 17.1 Å². The highest BCUT2D eigenvalue weighted by atomic mass is 15.2. The van der Waals surface area contributed by atoms with Crippen LogP contribution in [0.25, 0.3) is 22.3 Å². The first-order valence-electron chi connectivity index (χ1n) is 18.8. The molecule has 1 aliphatic carbocycles. The Morgan fingerprint density at radius 1 is 0.346 bits per heavy atom. The molecule has 0 unspecified atom stereocenters. The molecule has 8 rings (SSSR count). The predicted molar refractivity (Wildman–Crippen MR) is 220 cm³/mol. The van der Waals surface area contributed by atoms with Gasteiger partial charge in [0.05, 0.1) is 0 Å². The van der Waals surface area contributed by atoms with Gasteiger partial charge in [0.2, 0.25) is 0 Å². The van der Waals surface area contributed by atoms with Gasteiger partial charge < -0.3 is 9.80 Å². The number of anilines is 3. The number of para-hydroxylation sites is 2. The first kappa shape index (κ1) is 33.3. The zero-order chi connectivity index (χ0) is 35.0. The van der Waals surface area contributed by atoms with Gasteiger partial charge in [-0.15, -0.1) is 0 Å². The Kier molecular flexibility index (Phi) is 10.2. The lowest BCUT2D eigenvalue weighted by Crippen LogP contribution is -2.37. The van der Waals surface area contributed by atoms with Crippen LogP contribution >= 0.6 is 0 Å². The molecule has 0 saturated heterocycles. The van der Waals surface area contributed by atoms with Crippen LogP contribution in [0.15, 0.2) is 194 Å². The van der Waals surface area contributed by atoms with Gasteiger partial charge in [-0.25, -0.2) is 0 Å². The molecular weight excluding hydrogens is 629 g/mol. The van der Waals surface area contributed by atoms with Gasteiger partial charge in [-0.2, -0.15) is 0 Å². The normalized spacial score (nSPS) is 15.5. The van der Waals surface area contributed by atoms with Crippen LogP contribution in [0.1, 0.15) is 48.3 Å². The minimum Gasteiger partial charge on any atom is -0.364 e. The summed E-state index contributed by atoms with van der Waals surface area (Å²) in [4.78, 5) is 5.01. The molecule has 52 heavy (non-hydrogen) atoms. The fourth-order valence-corrected chi connectivity index (χ4v) is 7.89. The quantitative estimate of drug-likeness (QED) is 0.135. The van der Waals surface area contributed by atoms with Crippen LogP contribution in [0.3, 0.4) is 0 Å². The number of hydrogen-bond donors (Lipinski definition) is 0. The van der Waals surface area contributed by atoms with Gasteiger partial charge in [-0.3, -0.25) is 0 Å². The summed E-state index contributed by atoms with van der Waals surface area (Å²) in [6, 6.07) is 71.2. The molecule has 1 fully saturated rings. The van der Waals surface area contributed by atoms with E-state index in [0.29, 0.717) is 12.0 Å². The molecule has 0 heterocycles. The highest BCUT2D eigenvalue weighted by Gasteiger charge is 2.27. The van der Waals surface area contributed by atoms with Gasteiger partial charge in [0.15, 0.2) is 0 Å². The van der Waals surface area contributed by atoms with E-state index in [0.717, 1.165) is 13.1 Å². The maximum absolute atomic E-state index is 2.64. The first-order chi connectivity index (χ1) is 25.8. The summed E-state index contributed by atoms with van der Waals surface area (Å²) in [7, 11) is 0. The number of benzene rings is 7. The molecule has 7 aromatic rings. The SMILES string of the molecule is c1ccc(CN(c2ccccc2)c2ccc(-c3ccc(-c4ccc(C5CCC(N(Cc6ccccc6)c6ccccc6)CC5)cc4)cc3)cc2)cc1. The Morgan fingerprint density at radius 2 is 0.731 bits per heavy atom. The highest BCUT2D eigenvalue weighted by Crippen LogP contribution is 2.38. The summed E-state index contributed by atoms with van der Waals surface area (Å²) < 4.78 is 0. The fraction of sp³-hybridized carbons (Fsp3) is 0.160. The van der Waals surface area contributed by atoms with Crippen molar-refractivity contribution in [1.29, 1.82) is 0 Å². The molecule has 0 radical (unpaired) electrons. The van der Waals surface area contributed by atoms with Crippen molar-refractivity contribution in [2.24, 2.45) is 0 Å². The molecule has 1 saturated carbocycles. The Hall–Kier alpha value is -5.86. The molecule has 0 spiro atoms. The van der Waals surface area contributed by atoms with E-state index >= 15 is 0 Å². The third-order valence-corrected chi connectivity index (χ3v) is 10.8. The number of rotatable bonds is 11. The molecule has 1 aliphatic rings. The van der Waals surface area contributed by atoms with Crippen molar-refractivity contribution in [3.05, 3.63) is 211 Å². The lowest BCUT2D eigenvalue weighted by Gasteiger charge is -2.39. The van der Waals surface area contributed by atoms with E-state index < -0.39 is 0 Å². The summed E-state index contributed by atoms with van der Waals surface area (Å²) in [5.41, 5.74) is 12.8. The molecule has 0 aliphatic heterocycles. The van der Waals surface area contributed by atoms with Crippen molar-refractivity contribution in [1.82, 2.24) is 0 Å². The Bertz CT molecular complexity index is 2100. The minimum atomic E-state index is 0.560. The van der Waals surface area contributed by atoms with E-state index in [1.807, 2.05) is 0 Å². The van der Waals surface area contributed by atoms with Crippen molar-refractivity contribution in [3.63, 3.8) is 0 Å². The van der Waals surface area contributed by atoms with E-state index in [-0.39, 0.29) is 0 Å². The minimum absolute atomic E-state index is 0.560. The van der Waals surface area contributed by atoms with Gasteiger partial charge in [-0.1, -0.05) is 158 Å². The second kappa shape index (κ2) is 16.0. The topological polar surface area (TPSA) is 6.48 Å². The summed E-state index contributed by atoms with van der Waals surface area (Å²) in [6.45, 7) is 1.78. The zero-order valence-corrected chi connectivity index (χ0v) is 29.8.